The van der Waals surface area contributed by atoms with Crippen LogP contribution in [0.4, 0.5) is 11.4 Å². The molecule has 0 aliphatic rings. The number of para-hydroxylation sites is 2. The predicted molar refractivity (Wildman–Crippen MR) is 69.8 cm³/mol. The number of carbonyl (C=O) groups excluding carboxylic acids is 1. The first-order valence-corrected chi connectivity index (χ1v) is 5.89. The van der Waals surface area contributed by atoms with Crippen LogP contribution in [-0.2, 0) is 9.53 Å². The Labute approximate surface area is 102 Å². The van der Waals surface area contributed by atoms with Crippen LogP contribution in [-0.4, -0.2) is 18.6 Å². The zero-order valence-corrected chi connectivity index (χ0v) is 10.4. The molecule has 4 heteroatoms. The number of amides is 1. The topological polar surface area (TPSA) is 64.3 Å². The molecule has 0 bridgehead atoms. The maximum atomic E-state index is 11.6. The molecule has 0 saturated carbocycles. The Morgan fingerprint density at radius 3 is 2.82 bits per heavy atom. The lowest BCUT2D eigenvalue weighted by atomic mass is 10.2. The van der Waals surface area contributed by atoms with Crippen LogP contribution in [0, 0.1) is 0 Å². The van der Waals surface area contributed by atoms with E-state index < -0.39 is 0 Å². The van der Waals surface area contributed by atoms with Gasteiger partial charge in [0.1, 0.15) is 6.61 Å². The molecule has 0 heterocycles. The Hall–Kier alpha value is -1.55. The molecule has 1 aromatic rings. The van der Waals surface area contributed by atoms with Gasteiger partial charge in [0, 0.05) is 0 Å². The van der Waals surface area contributed by atoms with Crippen molar-refractivity contribution in [2.24, 2.45) is 0 Å². The van der Waals surface area contributed by atoms with Gasteiger partial charge in [-0.15, -0.1) is 0 Å². The molecule has 1 rings (SSSR count). The lowest BCUT2D eigenvalue weighted by Gasteiger charge is -2.12. The summed E-state index contributed by atoms with van der Waals surface area (Å²) in [5.41, 5.74) is 6.90. The minimum absolute atomic E-state index is 0.0650. The fraction of sp³-hybridized carbons (Fsp3) is 0.462. The number of hydrogen-bond acceptors (Lipinski definition) is 3. The normalized spacial score (nSPS) is 12.1. The van der Waals surface area contributed by atoms with Crippen LogP contribution in [0.5, 0.6) is 0 Å². The Kier molecular flexibility index (Phi) is 5.49. The van der Waals surface area contributed by atoms with E-state index in [0.29, 0.717) is 11.4 Å². The zero-order chi connectivity index (χ0) is 12.7. The average Bonchev–Trinajstić information content (AvgIpc) is 2.30. The number of ether oxygens (including phenoxy) is 1. The first-order chi connectivity index (χ1) is 8.13. The van der Waals surface area contributed by atoms with Gasteiger partial charge in [-0.25, -0.2) is 0 Å². The van der Waals surface area contributed by atoms with Crippen LogP contribution >= 0.6 is 0 Å². The molecular formula is C13H20N2O2. The molecule has 3 N–H and O–H groups in total. The van der Waals surface area contributed by atoms with Crippen molar-refractivity contribution in [2.75, 3.05) is 17.7 Å². The third kappa shape index (κ3) is 4.87. The highest BCUT2D eigenvalue weighted by atomic mass is 16.5. The molecule has 0 spiro atoms. The summed E-state index contributed by atoms with van der Waals surface area (Å²) < 4.78 is 5.40. The molecule has 0 radical (unpaired) electrons. The van der Waals surface area contributed by atoms with Gasteiger partial charge in [0.05, 0.1) is 17.5 Å². The molecule has 1 atom stereocenters. The number of nitrogens with one attached hydrogen (secondary N) is 1. The maximum absolute atomic E-state index is 11.6. The summed E-state index contributed by atoms with van der Waals surface area (Å²) in [5, 5.41) is 2.72. The molecule has 94 valence electrons. The lowest BCUT2D eigenvalue weighted by molar-refractivity contribution is -0.122. The van der Waals surface area contributed by atoms with E-state index in [2.05, 4.69) is 12.2 Å². The molecule has 17 heavy (non-hydrogen) atoms. The van der Waals surface area contributed by atoms with Crippen molar-refractivity contribution in [3.63, 3.8) is 0 Å². The number of nitrogen functional groups attached to an aromatic ring is 1. The second kappa shape index (κ2) is 6.91. The Bertz CT molecular complexity index is 366. The van der Waals surface area contributed by atoms with Crippen LogP contribution in [0.2, 0.25) is 0 Å². The molecule has 1 amide bonds. The fourth-order valence-corrected chi connectivity index (χ4v) is 1.50. The molecule has 0 aromatic heterocycles. The van der Waals surface area contributed by atoms with E-state index in [4.69, 9.17) is 10.5 Å². The minimum Gasteiger partial charge on any atom is -0.397 e. The lowest BCUT2D eigenvalue weighted by Crippen LogP contribution is -2.22. The highest BCUT2D eigenvalue weighted by Gasteiger charge is 2.07. The number of anilines is 2. The van der Waals surface area contributed by atoms with Crippen molar-refractivity contribution in [3.8, 4) is 0 Å². The minimum atomic E-state index is -0.175. The van der Waals surface area contributed by atoms with Gasteiger partial charge in [0.2, 0.25) is 5.91 Å². The first kappa shape index (κ1) is 13.5. The van der Waals surface area contributed by atoms with Gasteiger partial charge in [-0.1, -0.05) is 25.5 Å². The van der Waals surface area contributed by atoms with E-state index >= 15 is 0 Å². The van der Waals surface area contributed by atoms with E-state index in [1.807, 2.05) is 19.1 Å². The van der Waals surface area contributed by atoms with E-state index in [1.54, 1.807) is 12.1 Å². The van der Waals surface area contributed by atoms with Gasteiger partial charge in [0.15, 0.2) is 0 Å². The van der Waals surface area contributed by atoms with Gasteiger partial charge >= 0.3 is 0 Å². The van der Waals surface area contributed by atoms with Gasteiger partial charge in [-0.3, -0.25) is 4.79 Å². The fourth-order valence-electron chi connectivity index (χ4n) is 1.50. The van der Waals surface area contributed by atoms with Gasteiger partial charge < -0.3 is 15.8 Å². The molecule has 0 aliphatic carbocycles. The third-order valence-electron chi connectivity index (χ3n) is 2.43. The second-order valence-corrected chi connectivity index (χ2v) is 4.05. The number of hydrogen-bond donors (Lipinski definition) is 2. The maximum Gasteiger partial charge on any atom is 0.250 e. The summed E-state index contributed by atoms with van der Waals surface area (Å²) in [5.74, 6) is -0.175. The number of nitrogens with two attached hydrogens (primary N) is 1. The Morgan fingerprint density at radius 2 is 2.18 bits per heavy atom. The van der Waals surface area contributed by atoms with Crippen molar-refractivity contribution in [1.82, 2.24) is 0 Å². The monoisotopic (exact) mass is 236 g/mol. The second-order valence-electron chi connectivity index (χ2n) is 4.05. The summed E-state index contributed by atoms with van der Waals surface area (Å²) in [4.78, 5) is 11.6. The highest BCUT2D eigenvalue weighted by Crippen LogP contribution is 2.16. The molecular weight excluding hydrogens is 216 g/mol. The van der Waals surface area contributed by atoms with Crippen molar-refractivity contribution < 1.29 is 9.53 Å². The van der Waals surface area contributed by atoms with Crippen LogP contribution in [0.25, 0.3) is 0 Å². The summed E-state index contributed by atoms with van der Waals surface area (Å²) in [6.07, 6.45) is 2.12. The Morgan fingerprint density at radius 1 is 1.47 bits per heavy atom. The van der Waals surface area contributed by atoms with Crippen LogP contribution < -0.4 is 11.1 Å². The standard InChI is InChI=1S/C13H20N2O2/c1-3-6-10(2)17-9-13(16)15-12-8-5-4-7-11(12)14/h4-5,7-8,10H,3,6,9,14H2,1-2H3,(H,15,16). The average molecular weight is 236 g/mol. The molecule has 4 nitrogen and oxygen atoms in total. The number of carbonyl (C=O) groups is 1. The van der Waals surface area contributed by atoms with Gasteiger partial charge in [-0.05, 0) is 25.5 Å². The SMILES string of the molecule is CCCC(C)OCC(=O)Nc1ccccc1N. The molecule has 0 saturated heterocycles. The molecule has 0 aliphatic heterocycles. The van der Waals surface area contributed by atoms with E-state index in [9.17, 15) is 4.79 Å². The van der Waals surface area contributed by atoms with Crippen molar-refractivity contribution >= 4 is 17.3 Å². The van der Waals surface area contributed by atoms with Crippen molar-refractivity contribution in [1.29, 1.82) is 0 Å². The van der Waals surface area contributed by atoms with E-state index in [0.717, 1.165) is 12.8 Å². The summed E-state index contributed by atoms with van der Waals surface area (Å²) in [7, 11) is 0. The summed E-state index contributed by atoms with van der Waals surface area (Å²) in [6, 6.07) is 7.16. The summed E-state index contributed by atoms with van der Waals surface area (Å²) in [6.45, 7) is 4.12. The molecule has 1 aromatic carbocycles. The highest BCUT2D eigenvalue weighted by molar-refractivity contribution is 5.94. The number of rotatable bonds is 6. The van der Waals surface area contributed by atoms with Gasteiger partial charge in [0.25, 0.3) is 0 Å². The number of benzene rings is 1. The van der Waals surface area contributed by atoms with Crippen molar-refractivity contribution in [2.45, 2.75) is 32.8 Å². The third-order valence-corrected chi connectivity index (χ3v) is 2.43. The van der Waals surface area contributed by atoms with E-state index in [1.165, 1.54) is 0 Å². The molecule has 1 unspecified atom stereocenters. The first-order valence-electron chi connectivity index (χ1n) is 5.89. The van der Waals surface area contributed by atoms with Crippen LogP contribution in [0.3, 0.4) is 0 Å². The van der Waals surface area contributed by atoms with Crippen LogP contribution in [0.1, 0.15) is 26.7 Å². The van der Waals surface area contributed by atoms with Crippen molar-refractivity contribution in [3.05, 3.63) is 24.3 Å². The quantitative estimate of drug-likeness (QED) is 0.745. The summed E-state index contributed by atoms with van der Waals surface area (Å²) >= 11 is 0. The zero-order valence-electron chi connectivity index (χ0n) is 10.4. The van der Waals surface area contributed by atoms with E-state index in [-0.39, 0.29) is 18.6 Å². The smallest absolute Gasteiger partial charge is 0.250 e. The van der Waals surface area contributed by atoms with Crippen LogP contribution in [0.15, 0.2) is 24.3 Å². The molecule has 0 fully saturated rings. The van der Waals surface area contributed by atoms with Gasteiger partial charge in [-0.2, -0.15) is 0 Å². The Balaban J connectivity index is 2.37. The largest absolute Gasteiger partial charge is 0.397 e. The predicted octanol–water partition coefficient (Wildman–Crippen LogP) is 2.41.